The number of aliphatic hydroxyl groups excluding tert-OH is 7. The van der Waals surface area contributed by atoms with E-state index in [4.69, 9.17) is 37.6 Å². The molecule has 0 bridgehead atoms. The number of fused-ring (bicyclic) bond motifs is 1. The maximum absolute atomic E-state index is 14.1. The Kier molecular flexibility index (Phi) is 10.3. The number of hydrogen-bond donors (Lipinski definition) is 8. The summed E-state index contributed by atoms with van der Waals surface area (Å²) in [7, 11) is 5.33. The molecule has 2 fully saturated rings. The molecule has 264 valence electrons. The van der Waals surface area contributed by atoms with E-state index in [1.165, 1.54) is 40.4 Å². The summed E-state index contributed by atoms with van der Waals surface area (Å²) in [4.78, 5) is 14.1. The molecule has 8 N–H and O–H groups in total. The standard InChI is InChI=1S/C31H38O17/c1-10-19(34)22(37)25(40)31(45-10)48-27-17-12(33)8-13(11-6-14(41-2)26(43-4)15(7-11)42-3)46-29(17)30(44-5)21(36)18(27)28-24(39)23(38)20(35)16(9-32)47-28/h6-8,10,16,19-20,22-25,28,31-32,34-40H,9H2,1-5H3/t10-,16+,19-,20-,22-,23-,24+,25+,28-,31-/m0/s1. The number of rotatable bonds is 9. The Labute approximate surface area is 272 Å². The summed E-state index contributed by atoms with van der Waals surface area (Å²) in [5.74, 6) is -1.24. The maximum atomic E-state index is 14.1. The molecule has 5 rings (SSSR count). The van der Waals surface area contributed by atoms with Crippen molar-refractivity contribution in [3.8, 4) is 45.8 Å². The zero-order valence-electron chi connectivity index (χ0n) is 26.5. The first-order valence-electron chi connectivity index (χ1n) is 14.7. The highest BCUT2D eigenvalue weighted by atomic mass is 16.7. The van der Waals surface area contributed by atoms with Gasteiger partial charge >= 0.3 is 0 Å². The molecule has 0 amide bonds. The summed E-state index contributed by atoms with van der Waals surface area (Å²) in [5, 5.41) is 84.5. The van der Waals surface area contributed by atoms with E-state index in [-0.39, 0.29) is 28.6 Å². The van der Waals surface area contributed by atoms with Crippen LogP contribution < -0.4 is 29.1 Å². The van der Waals surface area contributed by atoms with Crippen LogP contribution in [-0.2, 0) is 9.47 Å². The number of aliphatic hydroxyl groups is 7. The monoisotopic (exact) mass is 682 g/mol. The van der Waals surface area contributed by atoms with E-state index in [1.54, 1.807) is 0 Å². The minimum absolute atomic E-state index is 0.0721. The van der Waals surface area contributed by atoms with Crippen molar-refractivity contribution in [3.05, 3.63) is 34.0 Å². The summed E-state index contributed by atoms with van der Waals surface area (Å²) in [6.07, 6.45) is -17.0. The van der Waals surface area contributed by atoms with Crippen molar-refractivity contribution < 1.29 is 78.4 Å². The van der Waals surface area contributed by atoms with E-state index in [9.17, 15) is 45.6 Å². The highest BCUT2D eigenvalue weighted by Gasteiger charge is 2.49. The van der Waals surface area contributed by atoms with Crippen molar-refractivity contribution in [3.63, 3.8) is 0 Å². The highest BCUT2D eigenvalue weighted by molar-refractivity contribution is 5.94. The van der Waals surface area contributed by atoms with E-state index < -0.39 is 107 Å². The first-order valence-corrected chi connectivity index (χ1v) is 14.7. The predicted octanol–water partition coefficient (Wildman–Crippen LogP) is -1.08. The lowest BCUT2D eigenvalue weighted by Crippen LogP contribution is -2.58. The van der Waals surface area contributed by atoms with Crippen molar-refractivity contribution in [2.45, 2.75) is 68.1 Å². The molecule has 17 heteroatoms. The maximum Gasteiger partial charge on any atom is 0.229 e. The van der Waals surface area contributed by atoms with E-state index in [0.717, 1.165) is 13.2 Å². The fourth-order valence-corrected chi connectivity index (χ4v) is 5.85. The van der Waals surface area contributed by atoms with Gasteiger partial charge in [-0.2, -0.15) is 0 Å². The summed E-state index contributed by atoms with van der Waals surface area (Å²) in [5.41, 5.74) is -1.47. The molecular formula is C31H38O17. The van der Waals surface area contributed by atoms with Gasteiger partial charge in [-0.1, -0.05) is 0 Å². The van der Waals surface area contributed by atoms with Crippen LogP contribution in [-0.4, -0.2) is 131 Å². The van der Waals surface area contributed by atoms with Crippen LogP contribution in [0.3, 0.4) is 0 Å². The third-order valence-corrected chi connectivity index (χ3v) is 8.47. The van der Waals surface area contributed by atoms with Crippen molar-refractivity contribution in [2.24, 2.45) is 0 Å². The lowest BCUT2D eigenvalue weighted by Gasteiger charge is -2.42. The zero-order chi connectivity index (χ0) is 35.2. The average Bonchev–Trinajstić information content (AvgIpc) is 3.08. The Morgan fingerprint density at radius 3 is 1.90 bits per heavy atom. The van der Waals surface area contributed by atoms with Crippen LogP contribution in [0.15, 0.2) is 27.4 Å². The van der Waals surface area contributed by atoms with Crippen LogP contribution in [0.2, 0.25) is 0 Å². The molecule has 2 aromatic carbocycles. The third kappa shape index (κ3) is 5.86. The zero-order valence-corrected chi connectivity index (χ0v) is 26.5. The minimum atomic E-state index is -1.98. The summed E-state index contributed by atoms with van der Waals surface area (Å²) >= 11 is 0. The van der Waals surface area contributed by atoms with Gasteiger partial charge in [0.2, 0.25) is 17.8 Å². The molecule has 0 aliphatic carbocycles. The molecule has 2 aliphatic rings. The normalized spacial score (nSPS) is 30.6. The molecule has 0 spiro atoms. The fourth-order valence-electron chi connectivity index (χ4n) is 5.85. The average molecular weight is 683 g/mol. The Morgan fingerprint density at radius 2 is 1.33 bits per heavy atom. The number of ether oxygens (including phenoxy) is 7. The van der Waals surface area contributed by atoms with Gasteiger partial charge in [0, 0.05) is 11.6 Å². The largest absolute Gasteiger partial charge is 0.504 e. The molecule has 2 aliphatic heterocycles. The van der Waals surface area contributed by atoms with E-state index >= 15 is 0 Å². The van der Waals surface area contributed by atoms with Gasteiger partial charge in [0.15, 0.2) is 28.3 Å². The second kappa shape index (κ2) is 13.9. The van der Waals surface area contributed by atoms with E-state index in [0.29, 0.717) is 0 Å². The second-order valence-corrected chi connectivity index (χ2v) is 11.3. The molecule has 1 aromatic heterocycles. The first-order chi connectivity index (χ1) is 22.8. The van der Waals surface area contributed by atoms with E-state index in [2.05, 4.69) is 0 Å². The molecule has 3 aromatic rings. The lowest BCUT2D eigenvalue weighted by atomic mass is 9.89. The van der Waals surface area contributed by atoms with Crippen LogP contribution >= 0.6 is 0 Å². The van der Waals surface area contributed by atoms with Crippen LogP contribution in [0.1, 0.15) is 18.6 Å². The number of hydrogen-bond acceptors (Lipinski definition) is 17. The van der Waals surface area contributed by atoms with Gasteiger partial charge in [0.25, 0.3) is 0 Å². The summed E-state index contributed by atoms with van der Waals surface area (Å²) in [6, 6.07) is 4.05. The smallest absolute Gasteiger partial charge is 0.229 e. The molecule has 0 saturated carbocycles. The van der Waals surface area contributed by atoms with Crippen molar-refractivity contribution in [2.75, 3.05) is 35.0 Å². The van der Waals surface area contributed by atoms with Gasteiger partial charge in [-0.05, 0) is 19.1 Å². The third-order valence-electron chi connectivity index (χ3n) is 8.47. The molecule has 0 radical (unpaired) electrons. The van der Waals surface area contributed by atoms with Crippen molar-refractivity contribution in [1.29, 1.82) is 0 Å². The number of phenols is 1. The second-order valence-electron chi connectivity index (χ2n) is 11.3. The SMILES string of the molecule is COc1cc(-c2cc(=O)c3c(O[C@@H]4O[C@@H](C)[C@H](O)[C@H](O)[C@H]4O)c([C@@H]4O[C@H](CO)[C@H](O)[C@H](O)[C@H]4O)c(O)c(OC)c3o2)cc(OC)c1OC. The minimum Gasteiger partial charge on any atom is -0.504 e. The first kappa shape index (κ1) is 35.4. The van der Waals surface area contributed by atoms with Gasteiger partial charge in [-0.3, -0.25) is 4.79 Å². The Bertz CT molecular complexity index is 1660. The molecule has 48 heavy (non-hydrogen) atoms. The van der Waals surface area contributed by atoms with Crippen molar-refractivity contribution >= 4 is 11.0 Å². The topological polar surface area (TPSA) is 257 Å². The van der Waals surface area contributed by atoms with Gasteiger partial charge in [0.05, 0.1) is 46.7 Å². The highest BCUT2D eigenvalue weighted by Crippen LogP contribution is 2.52. The lowest BCUT2D eigenvalue weighted by molar-refractivity contribution is -0.268. The molecule has 10 atom stereocenters. The van der Waals surface area contributed by atoms with Gasteiger partial charge in [-0.15, -0.1) is 0 Å². The van der Waals surface area contributed by atoms with Crippen LogP contribution in [0.4, 0.5) is 0 Å². The predicted molar refractivity (Wildman–Crippen MR) is 161 cm³/mol. The Balaban J connectivity index is 1.80. The number of aromatic hydroxyl groups is 1. The molecule has 17 nitrogen and oxygen atoms in total. The van der Waals surface area contributed by atoms with Crippen LogP contribution in [0.5, 0.6) is 34.5 Å². The van der Waals surface area contributed by atoms with Gasteiger partial charge in [-0.25, -0.2) is 0 Å². The van der Waals surface area contributed by atoms with Gasteiger partial charge < -0.3 is 78.4 Å². The molecule has 0 unspecified atom stereocenters. The van der Waals surface area contributed by atoms with Crippen molar-refractivity contribution in [1.82, 2.24) is 0 Å². The quantitative estimate of drug-likeness (QED) is 0.134. The molecule has 2 saturated heterocycles. The number of benzene rings is 2. The summed E-state index contributed by atoms with van der Waals surface area (Å²) < 4.78 is 45.0. The number of methoxy groups -OCH3 is 4. The molecular weight excluding hydrogens is 644 g/mol. The Morgan fingerprint density at radius 1 is 0.729 bits per heavy atom. The van der Waals surface area contributed by atoms with Crippen LogP contribution in [0, 0.1) is 0 Å². The number of phenolic OH excluding ortho intramolecular Hbond substituents is 1. The molecule has 3 heterocycles. The summed E-state index contributed by atoms with van der Waals surface area (Å²) in [6.45, 7) is 0.561. The van der Waals surface area contributed by atoms with Gasteiger partial charge in [0.1, 0.15) is 65.7 Å². The Hall–Kier alpha value is -3.91. The van der Waals surface area contributed by atoms with E-state index in [1.807, 2.05) is 0 Å². The van der Waals surface area contributed by atoms with Crippen LogP contribution in [0.25, 0.3) is 22.3 Å². The fraction of sp³-hybridized carbons (Fsp3) is 0.516.